The Bertz CT molecular complexity index is 619. The predicted molar refractivity (Wildman–Crippen MR) is 69.9 cm³/mol. The summed E-state index contributed by atoms with van der Waals surface area (Å²) in [6, 6.07) is 0.837. The third-order valence-electron chi connectivity index (χ3n) is 2.73. The molecule has 0 aliphatic carbocycles. The number of hydrogen-bond acceptors (Lipinski definition) is 6. The van der Waals surface area contributed by atoms with E-state index in [2.05, 4.69) is 25.6 Å². The molecule has 0 unspecified atom stereocenters. The number of rotatable bonds is 4. The Morgan fingerprint density at radius 1 is 1.19 bits per heavy atom. The van der Waals surface area contributed by atoms with E-state index < -0.39 is 11.9 Å². The molecule has 2 aromatic rings. The maximum absolute atomic E-state index is 12.7. The monoisotopic (exact) mass is 301 g/mol. The zero-order valence-electron chi connectivity index (χ0n) is 11.7. The van der Waals surface area contributed by atoms with Crippen LogP contribution in [0.25, 0.3) is 0 Å². The van der Waals surface area contributed by atoms with Crippen LogP contribution in [0.15, 0.2) is 10.5 Å². The molecule has 0 aliphatic heterocycles. The van der Waals surface area contributed by atoms with Crippen molar-refractivity contribution in [2.45, 2.75) is 26.6 Å². The van der Waals surface area contributed by atoms with Crippen LogP contribution in [0.3, 0.4) is 0 Å². The van der Waals surface area contributed by atoms with Gasteiger partial charge in [0.25, 0.3) is 0 Å². The number of hydrogen-bond donors (Lipinski definition) is 2. The summed E-state index contributed by atoms with van der Waals surface area (Å²) in [6.45, 7) is 3.68. The molecule has 0 saturated heterocycles. The highest BCUT2D eigenvalue weighted by molar-refractivity contribution is 5.42. The Balaban J connectivity index is 2.19. The second-order valence-corrected chi connectivity index (χ2v) is 4.31. The van der Waals surface area contributed by atoms with Gasteiger partial charge in [-0.25, -0.2) is 9.97 Å². The van der Waals surface area contributed by atoms with Crippen molar-refractivity contribution in [2.75, 3.05) is 17.7 Å². The third-order valence-corrected chi connectivity index (χ3v) is 2.73. The van der Waals surface area contributed by atoms with Crippen LogP contribution in [-0.4, -0.2) is 22.0 Å². The van der Waals surface area contributed by atoms with Crippen molar-refractivity contribution in [3.8, 4) is 0 Å². The van der Waals surface area contributed by atoms with Crippen LogP contribution < -0.4 is 10.6 Å². The maximum atomic E-state index is 12.7. The fourth-order valence-corrected chi connectivity index (χ4v) is 1.58. The van der Waals surface area contributed by atoms with Crippen molar-refractivity contribution >= 4 is 11.8 Å². The molecule has 0 bridgehead atoms. The fraction of sp³-hybridized carbons (Fsp3) is 0.417. The molecule has 2 heterocycles. The van der Waals surface area contributed by atoms with Crippen LogP contribution in [0.1, 0.15) is 23.0 Å². The van der Waals surface area contributed by atoms with Crippen molar-refractivity contribution < 1.29 is 17.6 Å². The van der Waals surface area contributed by atoms with Crippen molar-refractivity contribution in [3.05, 3.63) is 29.1 Å². The Labute approximate surface area is 118 Å². The quantitative estimate of drug-likeness (QED) is 0.904. The summed E-state index contributed by atoms with van der Waals surface area (Å²) >= 11 is 0. The highest BCUT2D eigenvalue weighted by Crippen LogP contribution is 2.29. The Morgan fingerprint density at radius 2 is 1.90 bits per heavy atom. The molecule has 0 radical (unpaired) electrons. The van der Waals surface area contributed by atoms with Gasteiger partial charge in [0.2, 0.25) is 11.8 Å². The molecule has 0 saturated carbocycles. The summed E-state index contributed by atoms with van der Waals surface area (Å²) in [5, 5.41) is 5.23. The standard InChI is InChI=1S/C12H14F3N5O/c1-6-7(2)21-10(18-6)5-17-9-4-8(12(13,14)15)19-11(16-3)20-9/h4H,5H2,1-3H3,(H2,16,17,19,20). The molecule has 0 spiro atoms. The molecule has 9 heteroatoms. The molecule has 6 nitrogen and oxygen atoms in total. The Morgan fingerprint density at radius 3 is 2.43 bits per heavy atom. The molecule has 114 valence electrons. The van der Waals surface area contributed by atoms with Gasteiger partial charge >= 0.3 is 6.18 Å². The number of nitrogens with one attached hydrogen (secondary N) is 2. The van der Waals surface area contributed by atoms with Crippen LogP contribution in [0.4, 0.5) is 24.9 Å². The molecule has 0 amide bonds. The molecule has 21 heavy (non-hydrogen) atoms. The van der Waals surface area contributed by atoms with E-state index in [1.54, 1.807) is 13.8 Å². The Hall–Kier alpha value is -2.32. The number of nitrogens with zero attached hydrogens (tertiary/aromatic N) is 3. The summed E-state index contributed by atoms with van der Waals surface area (Å²) < 4.78 is 43.5. The lowest BCUT2D eigenvalue weighted by Gasteiger charge is -2.10. The van der Waals surface area contributed by atoms with Gasteiger partial charge in [0.05, 0.1) is 12.2 Å². The first kappa shape index (κ1) is 15.1. The van der Waals surface area contributed by atoms with Crippen LogP contribution in [0.2, 0.25) is 0 Å². The van der Waals surface area contributed by atoms with Gasteiger partial charge in [-0.2, -0.15) is 18.2 Å². The zero-order valence-corrected chi connectivity index (χ0v) is 11.7. The first-order valence-corrected chi connectivity index (χ1v) is 6.10. The maximum Gasteiger partial charge on any atom is 0.433 e. The van der Waals surface area contributed by atoms with Gasteiger partial charge in [-0.1, -0.05) is 0 Å². The van der Waals surface area contributed by atoms with Crippen LogP contribution >= 0.6 is 0 Å². The van der Waals surface area contributed by atoms with Crippen molar-refractivity contribution in [2.24, 2.45) is 0 Å². The molecule has 0 atom stereocenters. The first-order chi connectivity index (χ1) is 9.79. The van der Waals surface area contributed by atoms with E-state index in [1.165, 1.54) is 7.05 Å². The normalized spacial score (nSPS) is 11.5. The largest absolute Gasteiger partial charge is 0.444 e. The third kappa shape index (κ3) is 3.61. The van der Waals surface area contributed by atoms with E-state index in [9.17, 15) is 13.2 Å². The molecule has 0 fully saturated rings. The molecule has 0 aromatic carbocycles. The van der Waals surface area contributed by atoms with Crippen LogP contribution in [0, 0.1) is 13.8 Å². The average Bonchev–Trinajstić information content (AvgIpc) is 2.74. The van der Waals surface area contributed by atoms with Gasteiger partial charge in [-0.15, -0.1) is 0 Å². The summed E-state index contributed by atoms with van der Waals surface area (Å²) in [5.74, 6) is 0.965. The number of halogens is 3. The molecule has 2 rings (SSSR count). The van der Waals surface area contributed by atoms with Gasteiger partial charge in [0.15, 0.2) is 5.69 Å². The fourth-order valence-electron chi connectivity index (χ4n) is 1.58. The van der Waals surface area contributed by atoms with Crippen molar-refractivity contribution in [3.63, 3.8) is 0 Å². The summed E-state index contributed by atoms with van der Waals surface area (Å²) in [4.78, 5) is 11.4. The number of alkyl halides is 3. The minimum Gasteiger partial charge on any atom is -0.444 e. The summed E-state index contributed by atoms with van der Waals surface area (Å²) in [7, 11) is 1.44. The van der Waals surface area contributed by atoms with Crippen molar-refractivity contribution in [1.82, 2.24) is 15.0 Å². The number of anilines is 2. The van der Waals surface area contributed by atoms with Gasteiger partial charge in [0.1, 0.15) is 11.6 Å². The van der Waals surface area contributed by atoms with Crippen molar-refractivity contribution in [1.29, 1.82) is 0 Å². The molecular weight excluding hydrogens is 287 g/mol. The first-order valence-electron chi connectivity index (χ1n) is 6.10. The molecule has 2 aromatic heterocycles. The highest BCUT2D eigenvalue weighted by atomic mass is 19.4. The van der Waals surface area contributed by atoms with E-state index in [1.807, 2.05) is 0 Å². The Kier molecular flexibility index (Phi) is 4.01. The lowest BCUT2D eigenvalue weighted by atomic mass is 10.3. The smallest absolute Gasteiger partial charge is 0.433 e. The minimum atomic E-state index is -4.54. The summed E-state index contributed by atoms with van der Waals surface area (Å²) in [6.07, 6.45) is -4.54. The summed E-state index contributed by atoms with van der Waals surface area (Å²) in [5.41, 5.74) is -0.287. The van der Waals surface area contributed by atoms with Crippen LogP contribution in [-0.2, 0) is 12.7 Å². The number of aromatic nitrogens is 3. The molecule has 0 aliphatic rings. The van der Waals surface area contributed by atoms with Gasteiger partial charge in [0, 0.05) is 13.1 Å². The predicted octanol–water partition coefficient (Wildman–Crippen LogP) is 2.75. The molecular formula is C12H14F3N5O. The second kappa shape index (κ2) is 5.58. The topological polar surface area (TPSA) is 75.9 Å². The van der Waals surface area contributed by atoms with Gasteiger partial charge in [-0.3, -0.25) is 0 Å². The average molecular weight is 301 g/mol. The second-order valence-electron chi connectivity index (χ2n) is 4.31. The number of oxazole rings is 1. The minimum absolute atomic E-state index is 0.0372. The van der Waals surface area contributed by atoms with Gasteiger partial charge in [-0.05, 0) is 13.8 Å². The SMILES string of the molecule is CNc1nc(NCc2nc(C)c(C)o2)cc(C(F)(F)F)n1. The van der Waals surface area contributed by atoms with E-state index >= 15 is 0 Å². The number of aryl methyl sites for hydroxylation is 2. The lowest BCUT2D eigenvalue weighted by molar-refractivity contribution is -0.141. The van der Waals surface area contributed by atoms with E-state index in [-0.39, 0.29) is 18.3 Å². The van der Waals surface area contributed by atoms with E-state index in [0.717, 1.165) is 11.8 Å². The van der Waals surface area contributed by atoms with E-state index in [0.29, 0.717) is 11.7 Å². The zero-order chi connectivity index (χ0) is 15.6. The van der Waals surface area contributed by atoms with Gasteiger partial charge < -0.3 is 15.1 Å². The van der Waals surface area contributed by atoms with E-state index in [4.69, 9.17) is 4.42 Å². The van der Waals surface area contributed by atoms with Crippen LogP contribution in [0.5, 0.6) is 0 Å². The molecule has 2 N–H and O–H groups in total. The lowest BCUT2D eigenvalue weighted by Crippen LogP contribution is -2.13. The highest BCUT2D eigenvalue weighted by Gasteiger charge is 2.33.